The lowest BCUT2D eigenvalue weighted by molar-refractivity contribution is -0.0416. The Kier molecular flexibility index (Phi) is 2.36. The normalized spacial score (nSPS) is 20.2. The molecule has 1 aliphatic rings. The first-order chi connectivity index (χ1) is 7.12. The maximum absolute atomic E-state index is 10.7. The predicted octanol–water partition coefficient (Wildman–Crippen LogP) is 0.636. The summed E-state index contributed by atoms with van der Waals surface area (Å²) in [6.07, 6.45) is 2.55. The molecule has 0 aliphatic carbocycles. The van der Waals surface area contributed by atoms with Gasteiger partial charge >= 0.3 is 6.09 Å². The summed E-state index contributed by atoms with van der Waals surface area (Å²) in [5.74, 6) is 0.271. The molecule has 6 nitrogen and oxygen atoms in total. The average Bonchev–Trinajstić information content (AvgIpc) is 2.71. The number of nitrogens with zero attached hydrogens (tertiary/aromatic N) is 2. The maximum Gasteiger partial charge on any atom is 0.407 e. The van der Waals surface area contributed by atoms with Crippen LogP contribution < -0.4 is 0 Å². The predicted molar refractivity (Wildman–Crippen MR) is 49.2 cm³/mol. The summed E-state index contributed by atoms with van der Waals surface area (Å²) in [6, 6.07) is 0. The van der Waals surface area contributed by atoms with Crippen LogP contribution in [0.15, 0.2) is 16.9 Å². The van der Waals surface area contributed by atoms with Gasteiger partial charge in [0.15, 0.2) is 0 Å². The highest BCUT2D eigenvalue weighted by Crippen LogP contribution is 2.31. The number of hydrogen-bond acceptors (Lipinski definition) is 4. The lowest BCUT2D eigenvalue weighted by Crippen LogP contribution is -2.44. The van der Waals surface area contributed by atoms with Gasteiger partial charge in [0, 0.05) is 25.9 Å². The van der Waals surface area contributed by atoms with Gasteiger partial charge in [0.05, 0.1) is 6.20 Å². The minimum atomic E-state index is -1.12. The van der Waals surface area contributed by atoms with E-state index in [2.05, 4.69) is 4.98 Å². The van der Waals surface area contributed by atoms with Crippen LogP contribution in [0.2, 0.25) is 0 Å². The van der Waals surface area contributed by atoms with Crippen molar-refractivity contribution in [2.75, 3.05) is 13.1 Å². The van der Waals surface area contributed by atoms with Crippen LogP contribution in [-0.2, 0) is 5.60 Å². The van der Waals surface area contributed by atoms with Gasteiger partial charge in [-0.05, 0) is 0 Å². The quantitative estimate of drug-likeness (QED) is 0.713. The molecule has 1 amide bonds. The summed E-state index contributed by atoms with van der Waals surface area (Å²) in [5, 5.41) is 18.9. The average molecular weight is 212 g/mol. The van der Waals surface area contributed by atoms with Gasteiger partial charge in [0.25, 0.3) is 0 Å². The van der Waals surface area contributed by atoms with Crippen LogP contribution in [0.3, 0.4) is 0 Å². The third-order valence-electron chi connectivity index (χ3n) is 2.69. The Hall–Kier alpha value is -1.56. The van der Waals surface area contributed by atoms with Gasteiger partial charge in [-0.1, -0.05) is 0 Å². The van der Waals surface area contributed by atoms with Gasteiger partial charge < -0.3 is 19.5 Å². The van der Waals surface area contributed by atoms with Crippen LogP contribution in [0, 0.1) is 0 Å². The number of aliphatic hydroxyl groups is 1. The standard InChI is InChI=1S/C9H12N2O4/c12-8(13)11-4-1-9(14,2-5-11)7-10-3-6-15-7/h3,6,14H,1-2,4-5H2,(H,12,13). The lowest BCUT2D eigenvalue weighted by Gasteiger charge is -2.34. The van der Waals surface area contributed by atoms with Crippen LogP contribution in [0.25, 0.3) is 0 Å². The molecule has 0 saturated carbocycles. The van der Waals surface area contributed by atoms with Gasteiger partial charge in [-0.15, -0.1) is 0 Å². The molecule has 1 fully saturated rings. The summed E-state index contributed by atoms with van der Waals surface area (Å²) in [6.45, 7) is 0.600. The van der Waals surface area contributed by atoms with Crippen molar-refractivity contribution in [3.05, 3.63) is 18.4 Å². The van der Waals surface area contributed by atoms with Crippen molar-refractivity contribution in [3.63, 3.8) is 0 Å². The van der Waals surface area contributed by atoms with E-state index in [1.54, 1.807) is 0 Å². The third kappa shape index (κ3) is 1.80. The highest BCUT2D eigenvalue weighted by atomic mass is 16.4. The minimum absolute atomic E-state index is 0.271. The number of rotatable bonds is 1. The molecule has 15 heavy (non-hydrogen) atoms. The smallest absolute Gasteiger partial charge is 0.407 e. The summed E-state index contributed by atoms with van der Waals surface area (Å²) in [4.78, 5) is 15.8. The van der Waals surface area contributed by atoms with Crippen molar-refractivity contribution in [1.29, 1.82) is 0 Å². The fraction of sp³-hybridized carbons (Fsp3) is 0.556. The number of carbonyl (C=O) groups is 1. The summed E-state index contributed by atoms with van der Waals surface area (Å²) in [7, 11) is 0. The van der Waals surface area contributed by atoms with E-state index < -0.39 is 11.7 Å². The van der Waals surface area contributed by atoms with E-state index >= 15 is 0 Å². The second kappa shape index (κ2) is 3.54. The molecular formula is C9H12N2O4. The molecule has 2 heterocycles. The number of likely N-dealkylation sites (tertiary alicyclic amines) is 1. The molecule has 2 rings (SSSR count). The van der Waals surface area contributed by atoms with Crippen molar-refractivity contribution in [2.24, 2.45) is 0 Å². The van der Waals surface area contributed by atoms with Crippen molar-refractivity contribution in [3.8, 4) is 0 Å². The molecule has 0 aromatic carbocycles. The fourth-order valence-corrected chi connectivity index (χ4v) is 1.74. The highest BCUT2D eigenvalue weighted by Gasteiger charge is 2.38. The molecule has 2 N–H and O–H groups in total. The monoisotopic (exact) mass is 212 g/mol. The van der Waals surface area contributed by atoms with Crippen LogP contribution in [0.4, 0.5) is 4.79 Å². The Morgan fingerprint density at radius 2 is 2.20 bits per heavy atom. The van der Waals surface area contributed by atoms with Gasteiger partial charge in [-0.3, -0.25) is 0 Å². The number of oxazole rings is 1. The topological polar surface area (TPSA) is 86.8 Å². The second-order valence-corrected chi connectivity index (χ2v) is 3.64. The van der Waals surface area contributed by atoms with Crippen LogP contribution in [0.5, 0.6) is 0 Å². The number of amides is 1. The van der Waals surface area contributed by atoms with Crippen molar-refractivity contribution < 1.29 is 19.4 Å². The zero-order valence-electron chi connectivity index (χ0n) is 8.09. The lowest BCUT2D eigenvalue weighted by atomic mass is 9.91. The molecule has 1 aliphatic heterocycles. The molecule has 1 aromatic rings. The Labute approximate surface area is 86.1 Å². The molecule has 82 valence electrons. The molecule has 0 radical (unpaired) electrons. The molecule has 1 aromatic heterocycles. The highest BCUT2D eigenvalue weighted by molar-refractivity contribution is 5.65. The zero-order chi connectivity index (χ0) is 10.9. The first-order valence-corrected chi connectivity index (χ1v) is 4.72. The van der Waals surface area contributed by atoms with Crippen molar-refractivity contribution in [2.45, 2.75) is 18.4 Å². The third-order valence-corrected chi connectivity index (χ3v) is 2.69. The Balaban J connectivity index is 2.06. The van der Waals surface area contributed by atoms with E-state index in [1.807, 2.05) is 0 Å². The Morgan fingerprint density at radius 3 is 2.67 bits per heavy atom. The summed E-state index contributed by atoms with van der Waals surface area (Å²) < 4.78 is 5.04. The number of aromatic nitrogens is 1. The van der Waals surface area contributed by atoms with E-state index in [4.69, 9.17) is 9.52 Å². The van der Waals surface area contributed by atoms with Crippen molar-refractivity contribution >= 4 is 6.09 Å². The molecule has 0 spiro atoms. The Morgan fingerprint density at radius 1 is 1.53 bits per heavy atom. The van der Waals surface area contributed by atoms with Crippen LogP contribution >= 0.6 is 0 Å². The minimum Gasteiger partial charge on any atom is -0.465 e. The first kappa shape index (κ1) is 9.97. The molecule has 6 heteroatoms. The second-order valence-electron chi connectivity index (χ2n) is 3.64. The van der Waals surface area contributed by atoms with E-state index in [1.165, 1.54) is 17.4 Å². The molecule has 0 bridgehead atoms. The SMILES string of the molecule is O=C(O)N1CCC(O)(c2ncco2)CC1. The van der Waals surface area contributed by atoms with Gasteiger partial charge in [0.1, 0.15) is 11.9 Å². The summed E-state index contributed by atoms with van der Waals surface area (Å²) >= 11 is 0. The number of piperidine rings is 1. The number of hydrogen-bond donors (Lipinski definition) is 2. The summed E-state index contributed by atoms with van der Waals surface area (Å²) in [5.41, 5.74) is -1.12. The van der Waals surface area contributed by atoms with E-state index in [0.717, 1.165) is 0 Å². The van der Waals surface area contributed by atoms with E-state index in [-0.39, 0.29) is 5.89 Å². The maximum atomic E-state index is 10.7. The Bertz CT molecular complexity index is 341. The molecule has 0 atom stereocenters. The van der Waals surface area contributed by atoms with E-state index in [9.17, 15) is 9.90 Å². The zero-order valence-corrected chi connectivity index (χ0v) is 8.09. The molecular weight excluding hydrogens is 200 g/mol. The van der Waals surface area contributed by atoms with Gasteiger partial charge in [-0.25, -0.2) is 9.78 Å². The van der Waals surface area contributed by atoms with Gasteiger partial charge in [-0.2, -0.15) is 0 Å². The van der Waals surface area contributed by atoms with Crippen LogP contribution in [0.1, 0.15) is 18.7 Å². The fourth-order valence-electron chi connectivity index (χ4n) is 1.74. The van der Waals surface area contributed by atoms with E-state index in [0.29, 0.717) is 25.9 Å². The van der Waals surface area contributed by atoms with Crippen LogP contribution in [-0.4, -0.2) is 39.3 Å². The van der Waals surface area contributed by atoms with Crippen molar-refractivity contribution in [1.82, 2.24) is 9.88 Å². The van der Waals surface area contributed by atoms with Gasteiger partial charge in [0.2, 0.25) is 5.89 Å². The first-order valence-electron chi connectivity index (χ1n) is 4.72. The molecule has 0 unspecified atom stereocenters. The molecule has 1 saturated heterocycles. The number of carboxylic acid groups (broad SMARTS) is 1. The largest absolute Gasteiger partial charge is 0.465 e.